The summed E-state index contributed by atoms with van der Waals surface area (Å²) in [4.78, 5) is 44.5. The highest BCUT2D eigenvalue weighted by Gasteiger charge is 2.52. The Morgan fingerprint density at radius 3 is 1.79 bits per heavy atom. The van der Waals surface area contributed by atoms with E-state index >= 15 is 0 Å². The Morgan fingerprint density at radius 1 is 0.833 bits per heavy atom. The molecule has 0 amide bonds. The van der Waals surface area contributed by atoms with Crippen LogP contribution in [0.2, 0.25) is 0 Å². The highest BCUT2D eigenvalue weighted by Crippen LogP contribution is 2.29. The molecule has 1 saturated heterocycles. The van der Waals surface area contributed by atoms with Crippen LogP contribution in [-0.4, -0.2) is 61.3 Å². The average molecular weight is 350 g/mol. The van der Waals surface area contributed by atoms with E-state index in [1.807, 2.05) is 0 Å². The van der Waals surface area contributed by atoms with Crippen LogP contribution in [-0.2, 0) is 42.9 Å². The van der Waals surface area contributed by atoms with Crippen LogP contribution < -0.4 is 0 Å². The van der Waals surface area contributed by atoms with Crippen molar-refractivity contribution in [1.29, 1.82) is 0 Å². The monoisotopic (exact) mass is 350 g/mol. The maximum absolute atomic E-state index is 14.5. The Bertz CT molecular complexity index is 490. The lowest BCUT2D eigenvalue weighted by atomic mass is 9.99. The van der Waals surface area contributed by atoms with Gasteiger partial charge in [-0.3, -0.25) is 19.2 Å². The van der Waals surface area contributed by atoms with Crippen molar-refractivity contribution in [2.45, 2.75) is 58.5 Å². The third-order valence-corrected chi connectivity index (χ3v) is 2.91. The van der Waals surface area contributed by atoms with E-state index in [1.165, 1.54) is 0 Å². The van der Waals surface area contributed by atoms with Gasteiger partial charge in [-0.05, 0) is 0 Å². The van der Waals surface area contributed by atoms with Crippen molar-refractivity contribution < 1.29 is 47.3 Å². The second-order valence-electron chi connectivity index (χ2n) is 5.05. The van der Waals surface area contributed by atoms with Crippen molar-refractivity contribution in [3.8, 4) is 0 Å². The molecule has 0 radical (unpaired) electrons. The first-order valence-electron chi connectivity index (χ1n) is 7.06. The first-order chi connectivity index (χ1) is 11.1. The molecule has 1 fully saturated rings. The SMILES string of the molecule is CC(=O)OC[C@H]1O[C@@H](OC(C)=O)[C@H]([19F])[C@@H](OC(C)=O)[C@@H]1OC(C)=O. The third kappa shape index (κ3) is 5.76. The Labute approximate surface area is 137 Å². The molecule has 9 nitrogen and oxygen atoms in total. The number of carbonyl (C=O) groups excluding carboxylic acids is 4. The van der Waals surface area contributed by atoms with E-state index in [2.05, 4.69) is 0 Å². The van der Waals surface area contributed by atoms with Gasteiger partial charge in [0.15, 0.2) is 12.2 Å². The molecular weight excluding hydrogens is 331 g/mol. The Hall–Kier alpha value is -2.23. The maximum atomic E-state index is 14.5. The van der Waals surface area contributed by atoms with Crippen LogP contribution >= 0.6 is 0 Å². The number of hydrogen-bond acceptors (Lipinski definition) is 9. The number of hydrogen-bond donors (Lipinski definition) is 0. The van der Waals surface area contributed by atoms with Crippen LogP contribution in [0.4, 0.5) is 4.39 Å². The zero-order chi connectivity index (χ0) is 18.4. The molecule has 136 valence electrons. The van der Waals surface area contributed by atoms with Gasteiger partial charge in [0.1, 0.15) is 12.7 Å². The van der Waals surface area contributed by atoms with Gasteiger partial charge >= 0.3 is 23.9 Å². The molecule has 0 aromatic heterocycles. The molecule has 24 heavy (non-hydrogen) atoms. The first-order valence-corrected chi connectivity index (χ1v) is 7.06. The van der Waals surface area contributed by atoms with Crippen LogP contribution in [0.5, 0.6) is 0 Å². The Morgan fingerprint density at radius 2 is 1.33 bits per heavy atom. The van der Waals surface area contributed by atoms with Gasteiger partial charge in [-0.25, -0.2) is 4.39 Å². The molecule has 0 aromatic carbocycles. The van der Waals surface area contributed by atoms with Gasteiger partial charge in [0.2, 0.25) is 12.5 Å². The van der Waals surface area contributed by atoms with E-state index in [0.29, 0.717) is 0 Å². The van der Waals surface area contributed by atoms with Crippen molar-refractivity contribution in [2.75, 3.05) is 6.61 Å². The molecule has 1 aliphatic heterocycles. The van der Waals surface area contributed by atoms with Crippen LogP contribution in [0.25, 0.3) is 0 Å². The predicted octanol–water partition coefficient (Wildman–Crippen LogP) is 0.0390. The molecule has 10 heteroatoms. The van der Waals surface area contributed by atoms with Gasteiger partial charge in [-0.1, -0.05) is 0 Å². The molecule has 1 rings (SSSR count). The Balaban J connectivity index is 3.08. The minimum absolute atomic E-state index is 0.421. The lowest BCUT2D eigenvalue weighted by Gasteiger charge is -2.41. The van der Waals surface area contributed by atoms with Gasteiger partial charge in [0.05, 0.1) is 0 Å². The highest BCUT2D eigenvalue weighted by molar-refractivity contribution is 5.68. The van der Waals surface area contributed by atoms with Crippen LogP contribution in [0.15, 0.2) is 0 Å². The topological polar surface area (TPSA) is 114 Å². The summed E-state index contributed by atoms with van der Waals surface area (Å²) >= 11 is 0. The number of ether oxygens (including phenoxy) is 5. The summed E-state index contributed by atoms with van der Waals surface area (Å²) in [6.45, 7) is 3.86. The smallest absolute Gasteiger partial charge is 0.305 e. The van der Waals surface area contributed by atoms with E-state index in [9.17, 15) is 23.6 Å². The van der Waals surface area contributed by atoms with E-state index in [1.54, 1.807) is 0 Å². The minimum atomic E-state index is -2.10. The third-order valence-electron chi connectivity index (χ3n) is 2.91. The lowest BCUT2D eigenvalue weighted by Crippen LogP contribution is -2.60. The van der Waals surface area contributed by atoms with Crippen molar-refractivity contribution in [3.05, 3.63) is 0 Å². The van der Waals surface area contributed by atoms with Crippen LogP contribution in [0.1, 0.15) is 27.7 Å². The van der Waals surface area contributed by atoms with Crippen molar-refractivity contribution >= 4 is 23.9 Å². The van der Waals surface area contributed by atoms with Gasteiger partial charge in [0.25, 0.3) is 0 Å². The fraction of sp³-hybridized carbons (Fsp3) is 0.714. The molecule has 1 aliphatic rings. The van der Waals surface area contributed by atoms with Crippen LogP contribution in [0.3, 0.4) is 0 Å². The fourth-order valence-electron chi connectivity index (χ4n) is 2.12. The summed E-state index contributed by atoms with van der Waals surface area (Å²) in [6, 6.07) is 0. The molecule has 0 aliphatic carbocycles. The number of alkyl halides is 1. The molecule has 0 N–H and O–H groups in total. The zero-order valence-corrected chi connectivity index (χ0v) is 13.6. The molecule has 5 atom stereocenters. The molecule has 0 saturated carbocycles. The summed E-state index contributed by atoms with van der Waals surface area (Å²) in [5, 5.41) is 0. The Kier molecular flexibility index (Phi) is 7.08. The summed E-state index contributed by atoms with van der Waals surface area (Å²) in [5.41, 5.74) is 0. The quantitative estimate of drug-likeness (QED) is 0.500. The number of rotatable bonds is 5. The standard InChI is InChI=1S/C14H19FO9/c1-6(16)20-5-10-12(21-7(2)17)13(22-8(3)18)11(15)14(24-10)23-9(4)19/h10-14H,5H2,1-4H3/t10-,11-,12-,13-,14-/m1/s1/i15+0. The van der Waals surface area contributed by atoms with Crippen molar-refractivity contribution in [3.63, 3.8) is 0 Å². The second kappa shape index (κ2) is 8.57. The molecule has 0 unspecified atom stereocenters. The molecule has 1 heterocycles. The summed E-state index contributed by atoms with van der Waals surface area (Å²) < 4.78 is 39.0. The molecular formula is C14H19FO9. The van der Waals surface area contributed by atoms with Gasteiger partial charge in [-0.15, -0.1) is 0 Å². The van der Waals surface area contributed by atoms with Crippen molar-refractivity contribution in [2.24, 2.45) is 0 Å². The van der Waals surface area contributed by atoms with Crippen LogP contribution in [0, 0.1) is 0 Å². The average Bonchev–Trinajstić information content (AvgIpc) is 2.42. The molecule has 0 aromatic rings. The van der Waals surface area contributed by atoms with Crippen molar-refractivity contribution in [1.82, 2.24) is 0 Å². The largest absolute Gasteiger partial charge is 0.463 e. The summed E-state index contributed by atoms with van der Waals surface area (Å²) in [5.74, 6) is -3.11. The fourth-order valence-corrected chi connectivity index (χ4v) is 2.12. The molecule has 0 bridgehead atoms. The van der Waals surface area contributed by atoms with E-state index in [4.69, 9.17) is 23.7 Å². The minimum Gasteiger partial charge on any atom is -0.463 e. The highest BCUT2D eigenvalue weighted by atomic mass is 19.1. The zero-order valence-electron chi connectivity index (χ0n) is 13.6. The second-order valence-corrected chi connectivity index (χ2v) is 5.05. The van der Waals surface area contributed by atoms with E-state index in [0.717, 1.165) is 27.7 Å². The summed E-state index contributed by atoms with van der Waals surface area (Å²) in [7, 11) is 0. The number of halogens is 1. The van der Waals surface area contributed by atoms with Gasteiger partial charge in [0, 0.05) is 27.7 Å². The van der Waals surface area contributed by atoms with Gasteiger partial charge < -0.3 is 23.7 Å². The first kappa shape index (κ1) is 19.8. The van der Waals surface area contributed by atoms with E-state index in [-0.39, 0.29) is 0 Å². The predicted molar refractivity (Wildman–Crippen MR) is 73.1 cm³/mol. The number of carbonyl (C=O) groups is 4. The van der Waals surface area contributed by atoms with Gasteiger partial charge in [-0.2, -0.15) is 0 Å². The number of esters is 4. The maximum Gasteiger partial charge on any atom is 0.305 e. The van der Waals surface area contributed by atoms with E-state index < -0.39 is 61.3 Å². The lowest BCUT2D eigenvalue weighted by molar-refractivity contribution is -0.284. The normalized spacial score (nSPS) is 29.3. The molecule has 0 spiro atoms. The summed E-state index contributed by atoms with van der Waals surface area (Å²) in [6.07, 6.45) is -7.98.